The summed E-state index contributed by atoms with van der Waals surface area (Å²) in [5, 5.41) is 0. The van der Waals surface area contributed by atoms with E-state index in [0.29, 0.717) is 22.4 Å². The molecule has 12 rings (SSSR count). The average molecular weight is 891 g/mol. The predicted octanol–water partition coefficient (Wildman–Crippen LogP) is 14.4. The van der Waals surface area contributed by atoms with Gasteiger partial charge >= 0.3 is 51.4 Å². The van der Waals surface area contributed by atoms with Gasteiger partial charge in [0.25, 0.3) is 0 Å². The number of allylic oxidation sites excluding steroid dienone is 24. The van der Waals surface area contributed by atoms with Gasteiger partial charge in [0, 0.05) is 24.0 Å². The van der Waals surface area contributed by atoms with Gasteiger partial charge in [0.2, 0.25) is 0 Å². The summed E-state index contributed by atoms with van der Waals surface area (Å²) in [5.74, 6) is 0.707. The molecule has 0 saturated heterocycles. The van der Waals surface area contributed by atoms with E-state index in [9.17, 15) is 9.59 Å². The molecule has 0 bridgehead atoms. The minimum Gasteiger partial charge on any atom is -0.870 e. The summed E-state index contributed by atoms with van der Waals surface area (Å²) >= 11 is 0. The quantitative estimate of drug-likeness (QED) is 0.228. The summed E-state index contributed by atoms with van der Waals surface area (Å²) in [5.41, 5.74) is 28.2. The average Bonchev–Trinajstić information content (AvgIpc) is 4.03. The van der Waals surface area contributed by atoms with E-state index in [1.54, 1.807) is 66.9 Å². The first kappa shape index (κ1) is 54.4. The second-order valence-electron chi connectivity index (χ2n) is 21.7. The van der Waals surface area contributed by atoms with E-state index in [2.05, 4.69) is 93.5 Å². The monoisotopic (exact) mass is 891 g/mol. The first-order valence-corrected chi connectivity index (χ1v) is 24.9. The fourth-order valence-electron chi connectivity index (χ4n) is 11.9. The fourth-order valence-corrected chi connectivity index (χ4v) is 11.9. The largest absolute Gasteiger partial charge is 1.00 e. The Morgan fingerprint density at radius 1 is 0.375 bits per heavy atom. The van der Waals surface area contributed by atoms with E-state index in [4.69, 9.17) is 0 Å². The molecule has 64 heavy (non-hydrogen) atoms. The van der Waals surface area contributed by atoms with Gasteiger partial charge in [-0.05, 0) is 190 Å². The van der Waals surface area contributed by atoms with Crippen molar-refractivity contribution in [3.63, 3.8) is 0 Å². The molecule has 0 heterocycles. The molecule has 0 atom stereocenters. The molecule has 0 amide bonds. The number of rotatable bonds is 0. The van der Waals surface area contributed by atoms with Gasteiger partial charge in [-0.1, -0.05) is 145 Å². The molecule has 0 spiro atoms. The van der Waals surface area contributed by atoms with Crippen molar-refractivity contribution in [2.75, 3.05) is 0 Å². The number of hydrogen-bond donors (Lipinski definition) is 0. The van der Waals surface area contributed by atoms with Crippen molar-refractivity contribution < 1.29 is 66.4 Å². The van der Waals surface area contributed by atoms with Crippen LogP contribution >= 0.6 is 0 Å². The second-order valence-corrected chi connectivity index (χ2v) is 21.7. The summed E-state index contributed by atoms with van der Waals surface area (Å²) in [6.07, 6.45) is 38.1. The number of carbonyl (C=O) groups excluding carboxylic acids is 2. The van der Waals surface area contributed by atoms with E-state index in [1.165, 1.54) is 112 Å². The molecule has 0 fully saturated rings. The summed E-state index contributed by atoms with van der Waals surface area (Å²) in [7, 11) is 0. The van der Waals surface area contributed by atoms with Gasteiger partial charge in [-0.3, -0.25) is 9.59 Å². The van der Waals surface area contributed by atoms with Gasteiger partial charge < -0.3 is 5.48 Å². The van der Waals surface area contributed by atoms with Crippen LogP contribution in [0.1, 0.15) is 212 Å². The first-order valence-electron chi connectivity index (χ1n) is 24.9. The summed E-state index contributed by atoms with van der Waals surface area (Å²) in [4.78, 5) is 22.2. The second kappa shape index (κ2) is 23.7. The van der Waals surface area contributed by atoms with Crippen LogP contribution in [-0.4, -0.2) is 17.0 Å². The van der Waals surface area contributed by atoms with Gasteiger partial charge in [0.15, 0.2) is 11.6 Å². The third kappa shape index (κ3) is 13.5. The van der Waals surface area contributed by atoms with Crippen molar-refractivity contribution in [1.82, 2.24) is 0 Å². The van der Waals surface area contributed by atoms with Crippen LogP contribution in [-0.2, 0) is 9.59 Å². The Morgan fingerprint density at radius 3 is 1.02 bits per heavy atom. The summed E-state index contributed by atoms with van der Waals surface area (Å²) < 4.78 is 0. The normalized spacial score (nSPS) is 23.9. The van der Waals surface area contributed by atoms with Crippen LogP contribution in [0.3, 0.4) is 0 Å². The Bertz CT molecular complexity index is 2070. The first-order chi connectivity index (χ1) is 29.5. The zero-order valence-corrected chi connectivity index (χ0v) is 46.0. The number of Topliss-reactive ketones (excluding diaryl/α,β-unsaturated/α-hetero) is 2. The molecular formula is C60H83KO3. The molecule has 0 saturated carbocycles. The predicted molar refractivity (Wildman–Crippen MR) is 268 cm³/mol. The zero-order chi connectivity index (χ0) is 44.9. The van der Waals surface area contributed by atoms with Gasteiger partial charge in [-0.15, -0.1) is 0 Å². The van der Waals surface area contributed by atoms with Crippen molar-refractivity contribution in [3.8, 4) is 0 Å². The van der Waals surface area contributed by atoms with E-state index >= 15 is 0 Å². The molecule has 342 valence electrons. The SMILES string of the molecule is CC.CC1=CC2=C(CCC2(C)C)C1.CC1=CC2=C(CCC2(C)C)C1.CC1=CC2=C(CCC2)C1.CC1=CC2=C(CCC2)C1.CC1=CC2=C(CCC2=O)C1.CC1=CC2=C(CCC2=O)C1.[K+].[OH-]. The minimum atomic E-state index is 0. The minimum absolute atomic E-state index is 0. The Morgan fingerprint density at radius 2 is 0.688 bits per heavy atom. The molecule has 4 heteroatoms. The number of ketones is 2. The van der Waals surface area contributed by atoms with E-state index in [-0.39, 0.29) is 56.9 Å². The third-order valence-electron chi connectivity index (χ3n) is 15.1. The van der Waals surface area contributed by atoms with Gasteiger partial charge in [-0.25, -0.2) is 0 Å². The molecule has 0 aromatic heterocycles. The van der Waals surface area contributed by atoms with Crippen LogP contribution in [0.25, 0.3) is 0 Å². The molecule has 0 aliphatic heterocycles. The molecule has 0 radical (unpaired) electrons. The van der Waals surface area contributed by atoms with Crippen LogP contribution in [0.5, 0.6) is 0 Å². The van der Waals surface area contributed by atoms with Crippen LogP contribution in [0.2, 0.25) is 0 Å². The smallest absolute Gasteiger partial charge is 0.870 e. The molecular weight excluding hydrogens is 808 g/mol. The zero-order valence-electron chi connectivity index (χ0n) is 42.9. The molecule has 12 aliphatic rings. The Kier molecular flexibility index (Phi) is 20.2. The van der Waals surface area contributed by atoms with E-state index in [0.717, 1.165) is 49.7 Å². The van der Waals surface area contributed by atoms with Crippen molar-refractivity contribution in [2.45, 2.75) is 212 Å². The van der Waals surface area contributed by atoms with Crippen LogP contribution < -0.4 is 51.4 Å². The Balaban J connectivity index is 0.000000166. The fraction of sp³-hybridized carbons (Fsp3) is 0.567. The van der Waals surface area contributed by atoms with Gasteiger partial charge in [0.1, 0.15) is 0 Å². The Labute approximate surface area is 433 Å². The Hall–Kier alpha value is -2.18. The van der Waals surface area contributed by atoms with Crippen molar-refractivity contribution >= 4 is 11.6 Å². The number of hydrogen-bond acceptors (Lipinski definition) is 3. The van der Waals surface area contributed by atoms with E-state index < -0.39 is 0 Å². The number of carbonyl (C=O) groups is 2. The van der Waals surface area contributed by atoms with E-state index in [1.807, 2.05) is 26.0 Å². The maximum absolute atomic E-state index is 11.1. The van der Waals surface area contributed by atoms with Crippen LogP contribution in [0.4, 0.5) is 0 Å². The molecule has 12 aliphatic carbocycles. The molecule has 0 unspecified atom stereocenters. The molecule has 1 N–H and O–H groups in total. The maximum Gasteiger partial charge on any atom is 1.00 e. The topological polar surface area (TPSA) is 64.1 Å². The van der Waals surface area contributed by atoms with Crippen LogP contribution in [0, 0.1) is 10.8 Å². The van der Waals surface area contributed by atoms with Gasteiger partial charge in [0.05, 0.1) is 0 Å². The van der Waals surface area contributed by atoms with Crippen molar-refractivity contribution in [1.29, 1.82) is 0 Å². The standard InChI is InChI=1S/2C11H16.2C9H10O.2C9H12.C2H6.K.H2O/c2*1-8-6-9-4-5-11(2,3)10(9)7-8;2*1-6-4-7-2-3-9(10)8(7)5-6;2*1-7-5-8-3-2-4-9(8)6-7;1-2;;/h2*7H,4-6H2,1-3H3;2*5H,2-4H2,1H3;2*5H,2-4,6H2,1H3;1-2H3;;1H2/q;;;;;;;+1;/p-1. The van der Waals surface area contributed by atoms with Crippen molar-refractivity contribution in [2.24, 2.45) is 10.8 Å². The summed E-state index contributed by atoms with van der Waals surface area (Å²) in [6, 6.07) is 0. The van der Waals surface area contributed by atoms with Gasteiger partial charge in [-0.2, -0.15) is 0 Å². The van der Waals surface area contributed by atoms with Crippen LogP contribution in [0.15, 0.2) is 137 Å². The maximum atomic E-state index is 11.1. The van der Waals surface area contributed by atoms with Crippen molar-refractivity contribution in [3.05, 3.63) is 137 Å². The summed E-state index contributed by atoms with van der Waals surface area (Å²) in [6.45, 7) is 26.6. The molecule has 3 nitrogen and oxygen atoms in total. The third-order valence-corrected chi connectivity index (χ3v) is 15.1. The molecule has 0 aromatic carbocycles. The molecule has 0 aromatic rings.